The molecule has 1 aliphatic carbocycles. The van der Waals surface area contributed by atoms with Gasteiger partial charge in [-0.2, -0.15) is 0 Å². The Morgan fingerprint density at radius 3 is 2.26 bits per heavy atom. The molecule has 0 aromatic heterocycles. The fourth-order valence-corrected chi connectivity index (χ4v) is 7.12. The molecule has 4 rings (SSSR count). The van der Waals surface area contributed by atoms with Crippen LogP contribution < -0.4 is 9.62 Å². The van der Waals surface area contributed by atoms with Gasteiger partial charge in [0.2, 0.25) is 11.8 Å². The number of carbonyl (C=O) groups is 2. The van der Waals surface area contributed by atoms with Gasteiger partial charge in [-0.1, -0.05) is 84.4 Å². The molecule has 0 bridgehead atoms. The predicted octanol–water partition coefficient (Wildman–Crippen LogP) is 6.67. The van der Waals surface area contributed by atoms with E-state index < -0.39 is 28.5 Å². The SMILES string of the molecule is Cc1ccc(N(CC(=O)N(Cc2ccc(Cl)c(Cl)c2)[C@@H](C)C(=O)NC2CCCCC2)S(=O)(=O)c2ccccc2)c(C)c1. The molecule has 2 amide bonds. The van der Waals surface area contributed by atoms with Crippen molar-refractivity contribution in [3.63, 3.8) is 0 Å². The molecule has 1 N–H and O–H groups in total. The molecule has 0 unspecified atom stereocenters. The summed E-state index contributed by atoms with van der Waals surface area (Å²) in [5, 5.41) is 3.80. The van der Waals surface area contributed by atoms with E-state index in [1.54, 1.807) is 49.4 Å². The number of hydrogen-bond donors (Lipinski definition) is 1. The number of benzene rings is 3. The summed E-state index contributed by atoms with van der Waals surface area (Å²) < 4.78 is 29.1. The summed E-state index contributed by atoms with van der Waals surface area (Å²) >= 11 is 12.4. The molecule has 42 heavy (non-hydrogen) atoms. The van der Waals surface area contributed by atoms with E-state index in [1.807, 2.05) is 26.0 Å². The lowest BCUT2D eigenvalue weighted by Crippen LogP contribution is -2.53. The quantitative estimate of drug-likeness (QED) is 0.271. The number of carbonyl (C=O) groups excluding carboxylic acids is 2. The van der Waals surface area contributed by atoms with Gasteiger partial charge in [0.25, 0.3) is 10.0 Å². The first-order valence-corrected chi connectivity index (χ1v) is 16.4. The van der Waals surface area contributed by atoms with Gasteiger partial charge < -0.3 is 10.2 Å². The number of halogens is 2. The van der Waals surface area contributed by atoms with Crippen LogP contribution in [0, 0.1) is 13.8 Å². The van der Waals surface area contributed by atoms with Gasteiger partial charge in [0.15, 0.2) is 0 Å². The normalized spacial score (nSPS) is 14.7. The minimum absolute atomic E-state index is 0.0427. The summed E-state index contributed by atoms with van der Waals surface area (Å²) in [6.45, 7) is 4.95. The number of nitrogens with zero attached hydrogens (tertiary/aromatic N) is 2. The topological polar surface area (TPSA) is 86.8 Å². The van der Waals surface area contributed by atoms with Gasteiger partial charge in [0.1, 0.15) is 12.6 Å². The van der Waals surface area contributed by atoms with Crippen LogP contribution in [0.4, 0.5) is 5.69 Å². The van der Waals surface area contributed by atoms with Crippen LogP contribution in [0.5, 0.6) is 0 Å². The van der Waals surface area contributed by atoms with Crippen LogP contribution in [-0.4, -0.2) is 43.8 Å². The van der Waals surface area contributed by atoms with Gasteiger partial charge in [0, 0.05) is 12.6 Å². The van der Waals surface area contributed by atoms with Crippen LogP contribution in [0.2, 0.25) is 10.0 Å². The van der Waals surface area contributed by atoms with Crippen LogP contribution in [0.15, 0.2) is 71.6 Å². The monoisotopic (exact) mass is 629 g/mol. The van der Waals surface area contributed by atoms with E-state index in [9.17, 15) is 18.0 Å². The molecule has 3 aromatic carbocycles. The fraction of sp³-hybridized carbons (Fsp3) is 0.375. The summed E-state index contributed by atoms with van der Waals surface area (Å²) in [6.07, 6.45) is 5.04. The van der Waals surface area contributed by atoms with Gasteiger partial charge in [-0.15, -0.1) is 0 Å². The first-order valence-electron chi connectivity index (χ1n) is 14.2. The van der Waals surface area contributed by atoms with E-state index in [2.05, 4.69) is 5.32 Å². The van der Waals surface area contributed by atoms with Crippen molar-refractivity contribution in [1.82, 2.24) is 10.2 Å². The van der Waals surface area contributed by atoms with Gasteiger partial charge >= 0.3 is 0 Å². The maximum Gasteiger partial charge on any atom is 0.264 e. The molecular formula is C32H37Cl2N3O4S. The highest BCUT2D eigenvalue weighted by Crippen LogP contribution is 2.29. The Hall–Kier alpha value is -3.07. The van der Waals surface area contributed by atoms with Crippen molar-refractivity contribution in [2.45, 2.75) is 76.4 Å². The van der Waals surface area contributed by atoms with Gasteiger partial charge in [-0.3, -0.25) is 13.9 Å². The van der Waals surface area contributed by atoms with E-state index in [0.717, 1.165) is 42.0 Å². The molecule has 0 heterocycles. The fourth-order valence-electron chi connectivity index (χ4n) is 5.30. The van der Waals surface area contributed by atoms with Gasteiger partial charge in [-0.25, -0.2) is 8.42 Å². The highest BCUT2D eigenvalue weighted by molar-refractivity contribution is 7.92. The number of sulfonamides is 1. The molecule has 7 nitrogen and oxygen atoms in total. The van der Waals surface area contributed by atoms with Crippen molar-refractivity contribution in [1.29, 1.82) is 0 Å². The lowest BCUT2D eigenvalue weighted by atomic mass is 9.95. The molecule has 1 saturated carbocycles. The van der Waals surface area contributed by atoms with Crippen LogP contribution >= 0.6 is 23.2 Å². The van der Waals surface area contributed by atoms with Crippen LogP contribution in [-0.2, 0) is 26.2 Å². The minimum atomic E-state index is -4.13. The lowest BCUT2D eigenvalue weighted by Gasteiger charge is -2.33. The minimum Gasteiger partial charge on any atom is -0.352 e. The molecule has 3 aromatic rings. The summed E-state index contributed by atoms with van der Waals surface area (Å²) in [5.41, 5.74) is 2.74. The number of nitrogens with one attached hydrogen (secondary N) is 1. The van der Waals surface area contributed by atoms with Crippen LogP contribution in [0.3, 0.4) is 0 Å². The molecule has 0 spiro atoms. The Labute approximate surface area is 258 Å². The number of anilines is 1. The van der Waals surface area contributed by atoms with Crippen molar-refractivity contribution < 1.29 is 18.0 Å². The Balaban J connectivity index is 1.70. The first-order chi connectivity index (χ1) is 20.0. The summed E-state index contributed by atoms with van der Waals surface area (Å²) in [7, 11) is -4.13. The predicted molar refractivity (Wildman–Crippen MR) is 168 cm³/mol. The smallest absolute Gasteiger partial charge is 0.264 e. The van der Waals surface area contributed by atoms with E-state index in [-0.39, 0.29) is 23.4 Å². The summed E-state index contributed by atoms with van der Waals surface area (Å²) in [4.78, 5) is 29.1. The second-order valence-corrected chi connectivity index (χ2v) is 13.6. The maximum atomic E-state index is 14.2. The average Bonchev–Trinajstić information content (AvgIpc) is 2.97. The Morgan fingerprint density at radius 1 is 0.929 bits per heavy atom. The third-order valence-electron chi connectivity index (χ3n) is 7.69. The van der Waals surface area contributed by atoms with Gasteiger partial charge in [-0.05, 0) is 75.1 Å². The zero-order chi connectivity index (χ0) is 30.4. The van der Waals surface area contributed by atoms with E-state index in [1.165, 1.54) is 17.0 Å². The van der Waals surface area contributed by atoms with Crippen molar-refractivity contribution in [3.05, 3.63) is 93.5 Å². The summed E-state index contributed by atoms with van der Waals surface area (Å²) in [5.74, 6) is -0.800. The summed E-state index contributed by atoms with van der Waals surface area (Å²) in [6, 6.07) is 17.6. The van der Waals surface area contributed by atoms with Gasteiger partial charge in [0.05, 0.1) is 20.6 Å². The zero-order valence-electron chi connectivity index (χ0n) is 24.1. The zero-order valence-corrected chi connectivity index (χ0v) is 26.5. The highest BCUT2D eigenvalue weighted by Gasteiger charge is 2.33. The largest absolute Gasteiger partial charge is 0.352 e. The molecule has 0 radical (unpaired) electrons. The molecule has 0 aliphatic heterocycles. The van der Waals surface area contributed by atoms with E-state index in [4.69, 9.17) is 23.2 Å². The first kappa shape index (κ1) is 31.9. The molecular weight excluding hydrogens is 593 g/mol. The second-order valence-electron chi connectivity index (χ2n) is 10.9. The van der Waals surface area contributed by atoms with Crippen LogP contribution in [0.1, 0.15) is 55.7 Å². The Kier molecular flexibility index (Phi) is 10.6. The Morgan fingerprint density at radius 2 is 1.62 bits per heavy atom. The highest BCUT2D eigenvalue weighted by atomic mass is 35.5. The van der Waals surface area contributed by atoms with Crippen LogP contribution in [0.25, 0.3) is 0 Å². The Bertz CT molecular complexity index is 1530. The van der Waals surface area contributed by atoms with Crippen molar-refractivity contribution in [3.8, 4) is 0 Å². The molecule has 1 atom stereocenters. The van der Waals surface area contributed by atoms with E-state index >= 15 is 0 Å². The average molecular weight is 631 g/mol. The standard InChI is InChI=1S/C32H37Cl2N3O4S/c1-22-14-17-30(23(2)18-22)37(42(40,41)27-12-8-5-9-13-27)21-31(38)36(20-25-15-16-28(33)29(34)19-25)24(3)32(39)35-26-10-6-4-7-11-26/h5,8-9,12-19,24,26H,4,6-7,10-11,20-21H2,1-3H3,(H,35,39)/t24-/m0/s1. The number of rotatable bonds is 10. The number of amides is 2. The second kappa shape index (κ2) is 13.9. The molecule has 10 heteroatoms. The molecule has 1 aliphatic rings. The molecule has 1 fully saturated rings. The molecule has 0 saturated heterocycles. The van der Waals surface area contributed by atoms with Crippen molar-refractivity contribution >= 4 is 50.7 Å². The molecule has 224 valence electrons. The van der Waals surface area contributed by atoms with E-state index in [0.29, 0.717) is 26.9 Å². The lowest BCUT2D eigenvalue weighted by molar-refractivity contribution is -0.139. The van der Waals surface area contributed by atoms with Crippen molar-refractivity contribution in [2.24, 2.45) is 0 Å². The number of aryl methyl sites for hydroxylation is 2. The van der Waals surface area contributed by atoms with Crippen molar-refractivity contribution in [2.75, 3.05) is 10.8 Å². The third kappa shape index (κ3) is 7.65. The number of hydrogen-bond acceptors (Lipinski definition) is 4. The maximum absolute atomic E-state index is 14.2. The third-order valence-corrected chi connectivity index (χ3v) is 10.2.